The van der Waals surface area contributed by atoms with Crippen LogP contribution >= 0.6 is 23.4 Å². The maximum Gasteiger partial charge on any atom is 0.293 e. The van der Waals surface area contributed by atoms with E-state index in [-0.39, 0.29) is 28.6 Å². The highest BCUT2D eigenvalue weighted by Gasteiger charge is 2.36. The summed E-state index contributed by atoms with van der Waals surface area (Å²) in [7, 11) is 1.54. The van der Waals surface area contributed by atoms with Crippen molar-refractivity contribution in [1.29, 1.82) is 0 Å². The Hall–Kier alpha value is -3.81. The molecule has 0 atom stereocenters. The van der Waals surface area contributed by atoms with Gasteiger partial charge >= 0.3 is 0 Å². The summed E-state index contributed by atoms with van der Waals surface area (Å²) in [5.74, 6) is -0.169. The van der Waals surface area contributed by atoms with Crippen LogP contribution in [0.5, 0.6) is 11.5 Å². The fraction of sp³-hybridized carbons (Fsp3) is 0.103. The van der Waals surface area contributed by atoms with Crippen LogP contribution in [0.15, 0.2) is 83.8 Å². The van der Waals surface area contributed by atoms with E-state index >= 15 is 0 Å². The van der Waals surface area contributed by atoms with E-state index < -0.39 is 17.0 Å². The molecule has 8 heteroatoms. The lowest BCUT2D eigenvalue weighted by Gasteiger charge is -2.15. The quantitative estimate of drug-likeness (QED) is 0.231. The second kappa shape index (κ2) is 10.7. The minimum absolute atomic E-state index is 0.0909. The zero-order valence-electron chi connectivity index (χ0n) is 19.7. The summed E-state index contributed by atoms with van der Waals surface area (Å²) in [5, 5.41) is 1.83. The number of thioether (sulfide) groups is 1. The SMILES string of the molecule is COc1cccc(/C=C2\SC(=O)N(Cc3c(F)cccc3Cl)C2=O)c1OCc1cccc2ccccc12. The monoisotopic (exact) mass is 533 g/mol. The standard InChI is InChI=1S/C29H21ClFNO4S/c1-35-25-14-5-9-19(27(25)36-17-20-10-4-8-18-7-2-3-11-21(18)20)15-26-28(33)32(29(34)37-26)16-22-23(30)12-6-13-24(22)31/h2-15H,16-17H2,1H3/b26-15-. The number of methoxy groups -OCH3 is 1. The molecule has 4 aromatic carbocycles. The van der Waals surface area contributed by atoms with Crippen molar-refractivity contribution >= 4 is 51.4 Å². The largest absolute Gasteiger partial charge is 0.493 e. The van der Waals surface area contributed by atoms with E-state index in [4.69, 9.17) is 21.1 Å². The number of rotatable bonds is 7. The highest BCUT2D eigenvalue weighted by molar-refractivity contribution is 8.18. The summed E-state index contributed by atoms with van der Waals surface area (Å²) < 4.78 is 26.0. The Morgan fingerprint density at radius 3 is 2.54 bits per heavy atom. The van der Waals surface area contributed by atoms with Gasteiger partial charge in [0.25, 0.3) is 11.1 Å². The first kappa shape index (κ1) is 24.9. The van der Waals surface area contributed by atoms with Crippen molar-refractivity contribution in [2.75, 3.05) is 7.11 Å². The molecule has 0 aliphatic carbocycles. The molecule has 0 spiro atoms. The molecular formula is C29H21ClFNO4S. The average molecular weight is 534 g/mol. The van der Waals surface area contributed by atoms with Gasteiger partial charge in [0.1, 0.15) is 12.4 Å². The van der Waals surface area contributed by atoms with Gasteiger partial charge in [-0.25, -0.2) is 4.39 Å². The van der Waals surface area contributed by atoms with E-state index in [1.807, 2.05) is 42.5 Å². The number of nitrogens with zero attached hydrogens (tertiary/aromatic N) is 1. The van der Waals surface area contributed by atoms with Crippen molar-refractivity contribution < 1.29 is 23.5 Å². The second-order valence-electron chi connectivity index (χ2n) is 8.27. The van der Waals surface area contributed by atoms with E-state index in [1.54, 1.807) is 24.3 Å². The molecule has 1 aliphatic heterocycles. The number of halogens is 2. The number of hydrogen-bond donors (Lipinski definition) is 0. The first-order valence-electron chi connectivity index (χ1n) is 11.4. The zero-order valence-corrected chi connectivity index (χ0v) is 21.3. The normalized spacial score (nSPS) is 14.6. The summed E-state index contributed by atoms with van der Waals surface area (Å²) in [6, 6.07) is 23.6. The lowest BCUT2D eigenvalue weighted by atomic mass is 10.1. The number of fused-ring (bicyclic) bond motifs is 1. The molecule has 0 unspecified atom stereocenters. The molecule has 1 aliphatic rings. The van der Waals surface area contributed by atoms with Crippen LogP contribution in [0.3, 0.4) is 0 Å². The first-order valence-corrected chi connectivity index (χ1v) is 12.6. The molecule has 0 bridgehead atoms. The fourth-order valence-electron chi connectivity index (χ4n) is 4.15. The van der Waals surface area contributed by atoms with Crippen molar-refractivity contribution in [1.82, 2.24) is 4.90 Å². The van der Waals surface area contributed by atoms with Crippen LogP contribution in [-0.4, -0.2) is 23.2 Å². The molecule has 0 aromatic heterocycles. The van der Waals surface area contributed by atoms with E-state index in [9.17, 15) is 14.0 Å². The molecule has 1 fully saturated rings. The van der Waals surface area contributed by atoms with E-state index in [0.29, 0.717) is 17.1 Å². The average Bonchev–Trinajstić information content (AvgIpc) is 3.17. The number of para-hydroxylation sites is 1. The highest BCUT2D eigenvalue weighted by Crippen LogP contribution is 2.39. The number of imide groups is 1. The Labute approximate surface area is 222 Å². The van der Waals surface area contributed by atoms with Gasteiger partial charge in [-0.15, -0.1) is 0 Å². The minimum Gasteiger partial charge on any atom is -0.493 e. The molecule has 37 heavy (non-hydrogen) atoms. The molecule has 186 valence electrons. The van der Waals surface area contributed by atoms with Crippen molar-refractivity contribution in [3.63, 3.8) is 0 Å². The Bertz CT molecular complexity index is 1530. The Kier molecular flexibility index (Phi) is 7.17. The van der Waals surface area contributed by atoms with Crippen molar-refractivity contribution in [3.05, 3.63) is 111 Å². The van der Waals surface area contributed by atoms with Gasteiger partial charge in [0.2, 0.25) is 0 Å². The van der Waals surface area contributed by atoms with Gasteiger partial charge in [-0.2, -0.15) is 0 Å². The number of carbonyl (C=O) groups excluding carboxylic acids is 2. The van der Waals surface area contributed by atoms with Crippen LogP contribution in [0, 0.1) is 5.82 Å². The van der Waals surface area contributed by atoms with Crippen molar-refractivity contribution in [2.45, 2.75) is 13.2 Å². The van der Waals surface area contributed by atoms with Gasteiger partial charge in [0.05, 0.1) is 18.6 Å². The lowest BCUT2D eigenvalue weighted by molar-refractivity contribution is -0.123. The molecule has 0 saturated carbocycles. The fourth-order valence-corrected chi connectivity index (χ4v) is 5.20. The van der Waals surface area contributed by atoms with Gasteiger partial charge in [-0.1, -0.05) is 72.3 Å². The van der Waals surface area contributed by atoms with Crippen LogP contribution in [0.1, 0.15) is 16.7 Å². The third-order valence-corrected chi connectivity index (χ3v) is 7.28. The smallest absolute Gasteiger partial charge is 0.293 e. The van der Waals surface area contributed by atoms with E-state index in [0.717, 1.165) is 33.0 Å². The summed E-state index contributed by atoms with van der Waals surface area (Å²) in [5.41, 5.74) is 1.67. The first-order chi connectivity index (χ1) is 18.0. The molecule has 1 saturated heterocycles. The number of ether oxygens (including phenoxy) is 2. The highest BCUT2D eigenvalue weighted by atomic mass is 35.5. The Morgan fingerprint density at radius 1 is 0.973 bits per heavy atom. The molecular weight excluding hydrogens is 513 g/mol. The summed E-state index contributed by atoms with van der Waals surface area (Å²) >= 11 is 6.89. The van der Waals surface area contributed by atoms with Gasteiger partial charge < -0.3 is 9.47 Å². The molecule has 5 nitrogen and oxygen atoms in total. The number of benzene rings is 4. The Morgan fingerprint density at radius 2 is 1.73 bits per heavy atom. The minimum atomic E-state index is -0.576. The number of hydrogen-bond acceptors (Lipinski definition) is 5. The zero-order chi connectivity index (χ0) is 25.9. The van der Waals surface area contributed by atoms with Crippen LogP contribution in [0.4, 0.5) is 9.18 Å². The van der Waals surface area contributed by atoms with E-state index in [2.05, 4.69) is 0 Å². The van der Waals surface area contributed by atoms with Crippen LogP contribution in [0.2, 0.25) is 5.02 Å². The second-order valence-corrected chi connectivity index (χ2v) is 9.67. The molecule has 4 aromatic rings. The van der Waals surface area contributed by atoms with Gasteiger partial charge in [-0.3, -0.25) is 14.5 Å². The molecule has 0 N–H and O–H groups in total. The lowest BCUT2D eigenvalue weighted by Crippen LogP contribution is -2.28. The number of carbonyl (C=O) groups is 2. The summed E-state index contributed by atoms with van der Waals surface area (Å²) in [6.07, 6.45) is 1.59. The summed E-state index contributed by atoms with van der Waals surface area (Å²) in [4.78, 5) is 27.0. The maximum atomic E-state index is 14.3. The van der Waals surface area contributed by atoms with E-state index in [1.165, 1.54) is 25.3 Å². The topological polar surface area (TPSA) is 55.8 Å². The molecule has 0 radical (unpaired) electrons. The molecule has 5 rings (SSSR count). The van der Waals surface area contributed by atoms with Crippen molar-refractivity contribution in [2.24, 2.45) is 0 Å². The van der Waals surface area contributed by atoms with Gasteiger partial charge in [-0.05, 0) is 52.4 Å². The molecule has 2 amide bonds. The third kappa shape index (κ3) is 5.05. The van der Waals surface area contributed by atoms with Crippen LogP contribution < -0.4 is 9.47 Å². The number of amides is 2. The molecule has 1 heterocycles. The van der Waals surface area contributed by atoms with Gasteiger partial charge in [0, 0.05) is 16.1 Å². The third-order valence-electron chi connectivity index (χ3n) is 6.02. The maximum absolute atomic E-state index is 14.3. The van der Waals surface area contributed by atoms with Gasteiger partial charge in [0.15, 0.2) is 11.5 Å². The van der Waals surface area contributed by atoms with Crippen LogP contribution in [-0.2, 0) is 17.9 Å². The predicted octanol–water partition coefficient (Wildman–Crippen LogP) is 7.46. The predicted molar refractivity (Wildman–Crippen MR) is 144 cm³/mol. The van der Waals surface area contributed by atoms with Crippen LogP contribution in [0.25, 0.3) is 16.8 Å². The Balaban J connectivity index is 1.43. The summed E-state index contributed by atoms with van der Waals surface area (Å²) in [6.45, 7) is 0.0197. The van der Waals surface area contributed by atoms with Crippen molar-refractivity contribution in [3.8, 4) is 11.5 Å².